The fraction of sp³-hybridized carbons (Fsp3) is 0.357. The lowest BCUT2D eigenvalue weighted by Crippen LogP contribution is -2.15. The van der Waals surface area contributed by atoms with Crippen LogP contribution < -0.4 is 5.32 Å². The summed E-state index contributed by atoms with van der Waals surface area (Å²) in [7, 11) is 0. The largest absolute Gasteiger partial charge is 0.439 e. The van der Waals surface area contributed by atoms with E-state index in [0.717, 1.165) is 28.2 Å². The smallest absolute Gasteiger partial charge is 0.208 e. The molecule has 1 heterocycles. The van der Waals surface area contributed by atoms with Crippen molar-refractivity contribution >= 4 is 15.9 Å². The molecule has 0 bridgehead atoms. The molecule has 2 aromatic rings. The average molecular weight is 307 g/mol. The lowest BCUT2D eigenvalue weighted by Gasteiger charge is -2.01. The lowest BCUT2D eigenvalue weighted by molar-refractivity contribution is 0.476. The monoisotopic (exact) mass is 306 g/mol. The second-order valence-corrected chi connectivity index (χ2v) is 5.71. The summed E-state index contributed by atoms with van der Waals surface area (Å²) in [6, 6.07) is 6.90. The quantitative estimate of drug-likeness (QED) is 0.936. The third kappa shape index (κ3) is 2.82. The molecule has 18 heavy (non-hydrogen) atoms. The van der Waals surface area contributed by atoms with Crippen LogP contribution >= 0.6 is 15.9 Å². The maximum Gasteiger partial charge on any atom is 0.208 e. The van der Waals surface area contributed by atoms with Crippen molar-refractivity contribution in [3.05, 3.63) is 40.3 Å². The van der Waals surface area contributed by atoms with Gasteiger partial charge in [-0.15, -0.1) is 0 Å². The standard InChI is InChI=1S/C14H15BrN2O/c1-9-4-10(6-11(15)5-9)13-7-17-14(18-13)8-16-12-2-3-12/h4-7,12,16H,2-3,8H2,1H3. The zero-order chi connectivity index (χ0) is 12.5. The Morgan fingerprint density at radius 1 is 1.39 bits per heavy atom. The molecule has 0 amide bonds. The van der Waals surface area contributed by atoms with Crippen LogP contribution in [0.1, 0.15) is 24.3 Å². The van der Waals surface area contributed by atoms with Crippen molar-refractivity contribution in [1.29, 1.82) is 0 Å². The van der Waals surface area contributed by atoms with E-state index in [4.69, 9.17) is 4.42 Å². The van der Waals surface area contributed by atoms with E-state index in [9.17, 15) is 0 Å². The van der Waals surface area contributed by atoms with Gasteiger partial charge in [-0.2, -0.15) is 0 Å². The Morgan fingerprint density at radius 3 is 2.94 bits per heavy atom. The van der Waals surface area contributed by atoms with Gasteiger partial charge in [0.1, 0.15) is 0 Å². The summed E-state index contributed by atoms with van der Waals surface area (Å²) in [6.07, 6.45) is 4.35. The lowest BCUT2D eigenvalue weighted by atomic mass is 10.1. The summed E-state index contributed by atoms with van der Waals surface area (Å²) in [5.74, 6) is 1.58. The van der Waals surface area contributed by atoms with Gasteiger partial charge in [0, 0.05) is 16.1 Å². The van der Waals surface area contributed by atoms with Crippen LogP contribution in [0.3, 0.4) is 0 Å². The van der Waals surface area contributed by atoms with E-state index in [2.05, 4.69) is 45.3 Å². The van der Waals surface area contributed by atoms with Crippen LogP contribution in [0.2, 0.25) is 0 Å². The molecule has 0 spiro atoms. The van der Waals surface area contributed by atoms with Crippen LogP contribution in [0.5, 0.6) is 0 Å². The summed E-state index contributed by atoms with van der Waals surface area (Å²) in [4.78, 5) is 4.31. The number of hydrogen-bond acceptors (Lipinski definition) is 3. The molecule has 0 unspecified atom stereocenters. The van der Waals surface area contributed by atoms with Gasteiger partial charge in [0.15, 0.2) is 5.76 Å². The van der Waals surface area contributed by atoms with Gasteiger partial charge < -0.3 is 9.73 Å². The van der Waals surface area contributed by atoms with E-state index in [1.54, 1.807) is 6.20 Å². The molecule has 1 fully saturated rings. The first kappa shape index (κ1) is 11.9. The molecule has 1 aromatic heterocycles. The van der Waals surface area contributed by atoms with Crippen molar-refractivity contribution in [2.45, 2.75) is 32.4 Å². The SMILES string of the molecule is Cc1cc(Br)cc(-c2cnc(CNC3CC3)o2)c1. The Hall–Kier alpha value is -1.13. The molecular weight excluding hydrogens is 292 g/mol. The van der Waals surface area contributed by atoms with Crippen molar-refractivity contribution in [2.75, 3.05) is 0 Å². The summed E-state index contributed by atoms with van der Waals surface area (Å²) >= 11 is 3.50. The van der Waals surface area contributed by atoms with Crippen molar-refractivity contribution in [3.63, 3.8) is 0 Å². The molecule has 3 rings (SSSR count). The number of hydrogen-bond donors (Lipinski definition) is 1. The number of aromatic nitrogens is 1. The van der Waals surface area contributed by atoms with Gasteiger partial charge in [0.25, 0.3) is 0 Å². The predicted octanol–water partition coefficient (Wildman–Crippen LogP) is 3.66. The summed E-state index contributed by atoms with van der Waals surface area (Å²) in [6.45, 7) is 2.79. The molecule has 0 saturated heterocycles. The van der Waals surface area contributed by atoms with E-state index >= 15 is 0 Å². The summed E-state index contributed by atoms with van der Waals surface area (Å²) < 4.78 is 6.83. The Labute approximate surface area is 115 Å². The first-order valence-corrected chi connectivity index (χ1v) is 6.96. The molecular formula is C14H15BrN2O. The van der Waals surface area contributed by atoms with Crippen molar-refractivity contribution in [3.8, 4) is 11.3 Å². The summed E-state index contributed by atoms with van der Waals surface area (Å²) in [5.41, 5.74) is 2.26. The van der Waals surface area contributed by atoms with Crippen LogP contribution in [-0.4, -0.2) is 11.0 Å². The molecule has 94 valence electrons. The van der Waals surface area contributed by atoms with E-state index in [0.29, 0.717) is 6.04 Å². The molecule has 0 radical (unpaired) electrons. The van der Waals surface area contributed by atoms with Crippen molar-refractivity contribution < 1.29 is 4.42 Å². The van der Waals surface area contributed by atoms with E-state index in [1.165, 1.54) is 18.4 Å². The van der Waals surface area contributed by atoms with Crippen LogP contribution in [0, 0.1) is 6.92 Å². The predicted molar refractivity (Wildman–Crippen MR) is 74.2 cm³/mol. The van der Waals surface area contributed by atoms with Crippen LogP contribution in [-0.2, 0) is 6.54 Å². The van der Waals surface area contributed by atoms with Crippen LogP contribution in [0.25, 0.3) is 11.3 Å². The minimum absolute atomic E-state index is 0.675. The van der Waals surface area contributed by atoms with Crippen molar-refractivity contribution in [2.24, 2.45) is 0 Å². The first-order valence-electron chi connectivity index (χ1n) is 6.16. The highest BCUT2D eigenvalue weighted by atomic mass is 79.9. The number of rotatable bonds is 4. The van der Waals surface area contributed by atoms with Gasteiger partial charge in [-0.05, 0) is 43.5 Å². The maximum absolute atomic E-state index is 5.76. The Bertz CT molecular complexity index is 540. The van der Waals surface area contributed by atoms with Gasteiger partial charge in [-0.1, -0.05) is 15.9 Å². The minimum atomic E-state index is 0.675. The second kappa shape index (κ2) is 4.86. The van der Waals surface area contributed by atoms with Crippen LogP contribution in [0.15, 0.2) is 33.3 Å². The topological polar surface area (TPSA) is 38.1 Å². The number of nitrogens with one attached hydrogen (secondary N) is 1. The highest BCUT2D eigenvalue weighted by molar-refractivity contribution is 9.10. The number of oxazole rings is 1. The van der Waals surface area contributed by atoms with Crippen LogP contribution in [0.4, 0.5) is 0 Å². The van der Waals surface area contributed by atoms with Gasteiger partial charge in [-0.25, -0.2) is 4.98 Å². The normalized spacial score (nSPS) is 15.0. The fourth-order valence-corrected chi connectivity index (χ4v) is 2.53. The van der Waals surface area contributed by atoms with Gasteiger partial charge in [0.2, 0.25) is 5.89 Å². The van der Waals surface area contributed by atoms with Gasteiger partial charge >= 0.3 is 0 Å². The molecule has 3 nitrogen and oxygen atoms in total. The zero-order valence-corrected chi connectivity index (χ0v) is 11.8. The molecule has 1 N–H and O–H groups in total. The Balaban J connectivity index is 1.78. The molecule has 1 saturated carbocycles. The first-order chi connectivity index (χ1) is 8.70. The average Bonchev–Trinajstić information content (AvgIpc) is 3.02. The van der Waals surface area contributed by atoms with E-state index in [1.807, 2.05) is 6.07 Å². The number of nitrogens with zero attached hydrogens (tertiary/aromatic N) is 1. The highest BCUT2D eigenvalue weighted by Gasteiger charge is 2.21. The third-order valence-corrected chi connectivity index (χ3v) is 3.46. The number of aryl methyl sites for hydroxylation is 1. The third-order valence-electron chi connectivity index (χ3n) is 3.00. The number of benzene rings is 1. The molecule has 1 aromatic carbocycles. The van der Waals surface area contributed by atoms with E-state index < -0.39 is 0 Å². The van der Waals surface area contributed by atoms with E-state index in [-0.39, 0.29) is 0 Å². The summed E-state index contributed by atoms with van der Waals surface area (Å²) in [5, 5.41) is 3.39. The highest BCUT2D eigenvalue weighted by Crippen LogP contribution is 2.26. The molecule has 4 heteroatoms. The molecule has 0 aliphatic heterocycles. The number of halogens is 1. The second-order valence-electron chi connectivity index (χ2n) is 4.79. The minimum Gasteiger partial charge on any atom is -0.439 e. The fourth-order valence-electron chi connectivity index (χ4n) is 1.92. The zero-order valence-electron chi connectivity index (χ0n) is 10.2. The van der Waals surface area contributed by atoms with Gasteiger partial charge in [0.05, 0.1) is 12.7 Å². The molecule has 0 atom stereocenters. The Morgan fingerprint density at radius 2 is 2.22 bits per heavy atom. The molecule has 1 aliphatic rings. The van der Waals surface area contributed by atoms with Crippen molar-refractivity contribution in [1.82, 2.24) is 10.3 Å². The Kier molecular flexibility index (Phi) is 3.22. The molecule has 1 aliphatic carbocycles. The maximum atomic E-state index is 5.76. The van der Waals surface area contributed by atoms with Gasteiger partial charge in [-0.3, -0.25) is 0 Å².